The lowest BCUT2D eigenvalue weighted by molar-refractivity contribution is -0.142. The second kappa shape index (κ2) is 2.56. The Kier molecular flexibility index (Phi) is 1.51. The maximum Gasteiger partial charge on any atom is 0.317 e. The van der Waals surface area contributed by atoms with Crippen LogP contribution >= 0.6 is 0 Å². The van der Waals surface area contributed by atoms with E-state index in [0.29, 0.717) is 18.6 Å². The van der Waals surface area contributed by atoms with Gasteiger partial charge in [0.1, 0.15) is 0 Å². The Balaban J connectivity index is 2.07. The van der Waals surface area contributed by atoms with Gasteiger partial charge in [-0.2, -0.15) is 0 Å². The monoisotopic (exact) mass is 210 g/mol. The van der Waals surface area contributed by atoms with Gasteiger partial charge in [-0.05, 0) is 24.1 Å². The van der Waals surface area contributed by atoms with E-state index >= 15 is 0 Å². The van der Waals surface area contributed by atoms with E-state index in [9.17, 15) is 13.6 Å². The summed E-state index contributed by atoms with van der Waals surface area (Å²) in [5.41, 5.74) is -0.136. The Morgan fingerprint density at radius 2 is 2.13 bits per heavy atom. The number of fused-ring (bicyclic) bond motifs is 1. The Labute approximate surface area is 84.9 Å². The van der Waals surface area contributed by atoms with Crippen LogP contribution in [-0.2, 0) is 14.9 Å². The van der Waals surface area contributed by atoms with Crippen molar-refractivity contribution in [3.63, 3.8) is 0 Å². The van der Waals surface area contributed by atoms with E-state index in [0.717, 1.165) is 12.1 Å². The molecule has 1 saturated heterocycles. The highest BCUT2D eigenvalue weighted by Gasteiger charge is 2.66. The SMILES string of the molecule is O=C1OCC2CC12c1ccc(F)c(F)c1. The number of esters is 1. The fraction of sp³-hybridized carbons (Fsp3) is 0.364. The number of halogens is 2. The molecule has 0 spiro atoms. The molecule has 0 radical (unpaired) electrons. The zero-order valence-corrected chi connectivity index (χ0v) is 7.80. The molecule has 15 heavy (non-hydrogen) atoms. The Morgan fingerprint density at radius 1 is 1.33 bits per heavy atom. The summed E-state index contributed by atoms with van der Waals surface area (Å²) >= 11 is 0. The van der Waals surface area contributed by atoms with Crippen LogP contribution in [0.5, 0.6) is 0 Å². The summed E-state index contributed by atoms with van der Waals surface area (Å²) in [5, 5.41) is 0. The van der Waals surface area contributed by atoms with E-state index in [1.54, 1.807) is 0 Å². The number of benzene rings is 1. The van der Waals surface area contributed by atoms with Gasteiger partial charge in [-0.25, -0.2) is 8.78 Å². The van der Waals surface area contributed by atoms with E-state index in [1.807, 2.05) is 0 Å². The van der Waals surface area contributed by atoms with Crippen molar-refractivity contribution in [3.05, 3.63) is 35.4 Å². The largest absolute Gasteiger partial charge is 0.465 e. The zero-order valence-electron chi connectivity index (χ0n) is 7.80. The minimum atomic E-state index is -0.910. The predicted molar refractivity (Wildman–Crippen MR) is 47.1 cm³/mol. The second-order valence-electron chi connectivity index (χ2n) is 4.10. The highest BCUT2D eigenvalue weighted by atomic mass is 19.2. The lowest BCUT2D eigenvalue weighted by Crippen LogP contribution is -2.19. The third kappa shape index (κ3) is 0.991. The molecule has 78 valence electrons. The average Bonchev–Trinajstić information content (AvgIpc) is 2.87. The first-order valence-electron chi connectivity index (χ1n) is 4.77. The molecule has 1 aliphatic heterocycles. The first-order valence-corrected chi connectivity index (χ1v) is 4.77. The first-order chi connectivity index (χ1) is 7.14. The van der Waals surface area contributed by atoms with Crippen LogP contribution in [0.4, 0.5) is 8.78 Å². The van der Waals surface area contributed by atoms with Gasteiger partial charge in [0.05, 0.1) is 12.0 Å². The molecule has 0 amide bonds. The third-order valence-corrected chi connectivity index (χ3v) is 3.32. The quantitative estimate of drug-likeness (QED) is 0.660. The molecule has 1 heterocycles. The van der Waals surface area contributed by atoms with Crippen LogP contribution in [0.15, 0.2) is 18.2 Å². The minimum absolute atomic E-state index is 0.148. The summed E-state index contributed by atoms with van der Waals surface area (Å²) < 4.78 is 30.6. The molecule has 4 heteroatoms. The summed E-state index contributed by atoms with van der Waals surface area (Å²) in [7, 11) is 0. The molecule has 1 aliphatic carbocycles. The van der Waals surface area contributed by atoms with Crippen molar-refractivity contribution in [1.82, 2.24) is 0 Å². The molecule has 0 bridgehead atoms. The number of ether oxygens (including phenoxy) is 1. The fourth-order valence-corrected chi connectivity index (χ4v) is 2.33. The fourth-order valence-electron chi connectivity index (χ4n) is 2.33. The molecule has 2 atom stereocenters. The third-order valence-electron chi connectivity index (χ3n) is 3.32. The van der Waals surface area contributed by atoms with Gasteiger partial charge in [-0.15, -0.1) is 0 Å². The summed E-state index contributed by atoms with van der Waals surface area (Å²) in [6.07, 6.45) is 0.691. The molecular formula is C11H8F2O2. The number of rotatable bonds is 1. The van der Waals surface area contributed by atoms with Gasteiger partial charge in [0, 0.05) is 5.92 Å². The van der Waals surface area contributed by atoms with Gasteiger partial charge < -0.3 is 4.74 Å². The van der Waals surface area contributed by atoms with Gasteiger partial charge in [-0.3, -0.25) is 4.79 Å². The number of hydrogen-bond acceptors (Lipinski definition) is 2. The summed E-state index contributed by atoms with van der Waals surface area (Å²) in [5.74, 6) is -1.96. The van der Waals surface area contributed by atoms with Crippen molar-refractivity contribution in [1.29, 1.82) is 0 Å². The summed E-state index contributed by atoms with van der Waals surface area (Å²) in [6, 6.07) is 3.62. The van der Waals surface area contributed by atoms with Crippen molar-refractivity contribution in [2.45, 2.75) is 11.8 Å². The molecular weight excluding hydrogens is 202 g/mol. The molecule has 2 nitrogen and oxygen atoms in total. The van der Waals surface area contributed by atoms with E-state index in [-0.39, 0.29) is 11.9 Å². The lowest BCUT2D eigenvalue weighted by Gasteiger charge is -2.09. The van der Waals surface area contributed by atoms with Gasteiger partial charge in [-0.1, -0.05) is 6.07 Å². The van der Waals surface area contributed by atoms with E-state index in [4.69, 9.17) is 4.74 Å². The smallest absolute Gasteiger partial charge is 0.317 e. The van der Waals surface area contributed by atoms with Crippen LogP contribution in [-0.4, -0.2) is 12.6 Å². The van der Waals surface area contributed by atoms with Crippen molar-refractivity contribution < 1.29 is 18.3 Å². The number of cyclic esters (lactones) is 1. The Morgan fingerprint density at radius 3 is 2.67 bits per heavy atom. The molecule has 1 aromatic carbocycles. The maximum atomic E-state index is 13.0. The van der Waals surface area contributed by atoms with Gasteiger partial charge in [0.15, 0.2) is 11.6 Å². The van der Waals surface area contributed by atoms with Crippen molar-refractivity contribution >= 4 is 5.97 Å². The Hall–Kier alpha value is -1.45. The average molecular weight is 210 g/mol. The molecule has 0 N–H and O–H groups in total. The molecule has 1 saturated carbocycles. The predicted octanol–water partition coefficient (Wildman–Crippen LogP) is 1.78. The highest BCUT2D eigenvalue weighted by molar-refractivity contribution is 5.89. The standard InChI is InChI=1S/C11H8F2O2/c12-8-2-1-6(3-9(8)13)11-4-7(11)5-15-10(11)14/h1-3,7H,4-5H2. The van der Waals surface area contributed by atoms with E-state index in [2.05, 4.69) is 0 Å². The summed E-state index contributed by atoms with van der Waals surface area (Å²) in [6.45, 7) is 0.401. The van der Waals surface area contributed by atoms with E-state index in [1.165, 1.54) is 6.07 Å². The van der Waals surface area contributed by atoms with Crippen LogP contribution in [0.25, 0.3) is 0 Å². The van der Waals surface area contributed by atoms with E-state index < -0.39 is 17.0 Å². The normalized spacial score (nSPS) is 32.4. The minimum Gasteiger partial charge on any atom is -0.465 e. The molecule has 0 aromatic heterocycles. The first kappa shape index (κ1) is 8.83. The Bertz CT molecular complexity index is 458. The van der Waals surface area contributed by atoms with Crippen molar-refractivity contribution in [2.24, 2.45) is 5.92 Å². The molecule has 2 aliphatic rings. The van der Waals surface area contributed by atoms with Crippen LogP contribution < -0.4 is 0 Å². The zero-order chi connectivity index (χ0) is 10.6. The number of carbonyl (C=O) groups is 1. The molecule has 2 fully saturated rings. The summed E-state index contributed by atoms with van der Waals surface area (Å²) in [4.78, 5) is 11.5. The van der Waals surface area contributed by atoms with Crippen LogP contribution in [0.1, 0.15) is 12.0 Å². The number of hydrogen-bond donors (Lipinski definition) is 0. The van der Waals surface area contributed by atoms with Crippen molar-refractivity contribution in [3.8, 4) is 0 Å². The van der Waals surface area contributed by atoms with Crippen LogP contribution in [0.3, 0.4) is 0 Å². The van der Waals surface area contributed by atoms with Crippen molar-refractivity contribution in [2.75, 3.05) is 6.61 Å². The number of carbonyl (C=O) groups excluding carboxylic acids is 1. The highest BCUT2D eigenvalue weighted by Crippen LogP contribution is 2.59. The lowest BCUT2D eigenvalue weighted by atomic mass is 9.94. The van der Waals surface area contributed by atoms with Crippen LogP contribution in [0.2, 0.25) is 0 Å². The van der Waals surface area contributed by atoms with Gasteiger partial charge in [0.25, 0.3) is 0 Å². The molecule has 2 unspecified atom stereocenters. The topological polar surface area (TPSA) is 26.3 Å². The molecule has 1 aromatic rings. The van der Waals surface area contributed by atoms with Gasteiger partial charge in [0.2, 0.25) is 0 Å². The molecule has 3 rings (SSSR count). The van der Waals surface area contributed by atoms with Gasteiger partial charge >= 0.3 is 5.97 Å². The maximum absolute atomic E-state index is 13.0. The van der Waals surface area contributed by atoms with Crippen LogP contribution in [0, 0.1) is 17.6 Å². The second-order valence-corrected chi connectivity index (χ2v) is 4.10.